The van der Waals surface area contributed by atoms with Crippen molar-refractivity contribution in [3.05, 3.63) is 0 Å². The highest BCUT2D eigenvalue weighted by Gasteiger charge is 2.35. The van der Waals surface area contributed by atoms with Gasteiger partial charge < -0.3 is 10.6 Å². The molecule has 2 fully saturated rings. The molecule has 0 bridgehead atoms. The van der Waals surface area contributed by atoms with Gasteiger partial charge in [-0.2, -0.15) is 0 Å². The van der Waals surface area contributed by atoms with Gasteiger partial charge in [-0.3, -0.25) is 4.79 Å². The van der Waals surface area contributed by atoms with Gasteiger partial charge in [0.1, 0.15) is 0 Å². The number of carbonyl (C=O) groups is 1. The van der Waals surface area contributed by atoms with Crippen LogP contribution in [0.5, 0.6) is 0 Å². The van der Waals surface area contributed by atoms with Crippen molar-refractivity contribution in [2.75, 3.05) is 13.1 Å². The zero-order valence-electron chi connectivity index (χ0n) is 13.5. The van der Waals surface area contributed by atoms with E-state index >= 15 is 0 Å². The molecule has 4 unspecified atom stereocenters. The fourth-order valence-corrected chi connectivity index (χ4v) is 3.97. The molecule has 116 valence electrons. The first-order valence-corrected chi connectivity index (χ1v) is 8.55. The van der Waals surface area contributed by atoms with Crippen molar-refractivity contribution in [1.29, 1.82) is 0 Å². The van der Waals surface area contributed by atoms with E-state index in [1.807, 2.05) is 0 Å². The van der Waals surface area contributed by atoms with E-state index in [1.54, 1.807) is 0 Å². The number of nitrogens with two attached hydrogens (primary N) is 1. The van der Waals surface area contributed by atoms with E-state index in [9.17, 15) is 4.79 Å². The summed E-state index contributed by atoms with van der Waals surface area (Å²) in [6.07, 6.45) is 6.93. The number of nitrogens with zero attached hydrogens (tertiary/aromatic N) is 1. The smallest absolute Gasteiger partial charge is 0.227 e. The predicted octanol–water partition coefficient (Wildman–Crippen LogP) is 3.03. The van der Waals surface area contributed by atoms with Gasteiger partial charge in [0, 0.05) is 19.1 Å². The summed E-state index contributed by atoms with van der Waals surface area (Å²) in [7, 11) is 0. The lowest BCUT2D eigenvalue weighted by atomic mass is 9.77. The van der Waals surface area contributed by atoms with Crippen molar-refractivity contribution in [3.8, 4) is 0 Å². The van der Waals surface area contributed by atoms with Gasteiger partial charge >= 0.3 is 0 Å². The third-order valence-electron chi connectivity index (χ3n) is 5.64. The summed E-state index contributed by atoms with van der Waals surface area (Å²) in [4.78, 5) is 14.9. The topological polar surface area (TPSA) is 46.3 Å². The highest BCUT2D eigenvalue weighted by molar-refractivity contribution is 5.79. The molecule has 1 aliphatic carbocycles. The normalized spacial score (nSPS) is 36.0. The Morgan fingerprint density at radius 2 is 1.85 bits per heavy atom. The van der Waals surface area contributed by atoms with Gasteiger partial charge in [-0.25, -0.2) is 0 Å². The van der Waals surface area contributed by atoms with Gasteiger partial charge in [-0.05, 0) is 49.9 Å². The lowest BCUT2D eigenvalue weighted by Crippen LogP contribution is -2.49. The van der Waals surface area contributed by atoms with Crippen LogP contribution >= 0.6 is 0 Å². The lowest BCUT2D eigenvalue weighted by molar-refractivity contribution is -0.137. The van der Waals surface area contributed by atoms with Crippen LogP contribution in [0, 0.1) is 23.7 Å². The third kappa shape index (κ3) is 3.55. The first kappa shape index (κ1) is 15.8. The van der Waals surface area contributed by atoms with Crippen LogP contribution in [0.1, 0.15) is 59.3 Å². The van der Waals surface area contributed by atoms with E-state index in [0.717, 1.165) is 44.2 Å². The van der Waals surface area contributed by atoms with E-state index in [2.05, 4.69) is 25.7 Å². The molecule has 3 heteroatoms. The van der Waals surface area contributed by atoms with Crippen molar-refractivity contribution < 1.29 is 4.79 Å². The summed E-state index contributed by atoms with van der Waals surface area (Å²) in [6.45, 7) is 8.70. The Bertz CT molecular complexity index is 329. The maximum absolute atomic E-state index is 12.8. The molecular formula is C17H32N2O. The summed E-state index contributed by atoms with van der Waals surface area (Å²) in [5, 5.41) is 0. The van der Waals surface area contributed by atoms with Gasteiger partial charge in [0.2, 0.25) is 5.91 Å². The SMILES string of the molecule is CC(C)C1CCCN(C(=O)C2CCCC(C)C2N)CC1. The van der Waals surface area contributed by atoms with Crippen molar-refractivity contribution in [2.45, 2.75) is 65.3 Å². The molecule has 20 heavy (non-hydrogen) atoms. The molecule has 2 N–H and O–H groups in total. The number of rotatable bonds is 2. The average molecular weight is 280 g/mol. The van der Waals surface area contributed by atoms with Gasteiger partial charge in [0.25, 0.3) is 0 Å². The van der Waals surface area contributed by atoms with Gasteiger partial charge in [0.15, 0.2) is 0 Å². The maximum atomic E-state index is 12.8. The highest BCUT2D eigenvalue weighted by Crippen LogP contribution is 2.31. The molecule has 0 spiro atoms. The molecule has 1 aliphatic heterocycles. The Hall–Kier alpha value is -0.570. The van der Waals surface area contributed by atoms with E-state index in [4.69, 9.17) is 5.73 Å². The molecule has 0 aromatic carbocycles. The number of hydrogen-bond acceptors (Lipinski definition) is 2. The third-order valence-corrected chi connectivity index (χ3v) is 5.64. The van der Waals surface area contributed by atoms with Crippen molar-refractivity contribution in [3.63, 3.8) is 0 Å². The fourth-order valence-electron chi connectivity index (χ4n) is 3.97. The molecule has 1 heterocycles. The lowest BCUT2D eigenvalue weighted by Gasteiger charge is -2.36. The minimum Gasteiger partial charge on any atom is -0.342 e. The molecule has 2 aliphatic rings. The second-order valence-corrected chi connectivity index (χ2v) is 7.35. The van der Waals surface area contributed by atoms with Crippen LogP contribution in [0.15, 0.2) is 0 Å². The Kier molecular flexibility index (Phi) is 5.48. The van der Waals surface area contributed by atoms with Crippen LogP contribution < -0.4 is 5.73 Å². The van der Waals surface area contributed by atoms with Gasteiger partial charge in [-0.15, -0.1) is 0 Å². The standard InChI is InChI=1S/C17H32N2O/c1-12(2)14-7-5-10-19(11-9-14)17(20)15-8-4-6-13(3)16(15)18/h12-16H,4-11,18H2,1-3H3. The molecule has 4 atom stereocenters. The number of hydrogen-bond donors (Lipinski definition) is 1. The zero-order chi connectivity index (χ0) is 14.7. The Morgan fingerprint density at radius 1 is 1.10 bits per heavy atom. The monoisotopic (exact) mass is 280 g/mol. The van der Waals surface area contributed by atoms with E-state index in [0.29, 0.717) is 11.8 Å². The second kappa shape index (κ2) is 6.93. The summed E-state index contributed by atoms with van der Waals surface area (Å²) < 4.78 is 0. The maximum Gasteiger partial charge on any atom is 0.227 e. The molecule has 2 rings (SSSR count). The van der Waals surface area contributed by atoms with Gasteiger partial charge in [0.05, 0.1) is 5.92 Å². The van der Waals surface area contributed by atoms with Crippen LogP contribution in [0.3, 0.4) is 0 Å². The molecule has 1 amide bonds. The fraction of sp³-hybridized carbons (Fsp3) is 0.941. The minimum atomic E-state index is 0.0698. The average Bonchev–Trinajstić information content (AvgIpc) is 2.67. The summed E-state index contributed by atoms with van der Waals surface area (Å²) >= 11 is 0. The van der Waals surface area contributed by atoms with E-state index < -0.39 is 0 Å². The first-order valence-electron chi connectivity index (χ1n) is 8.55. The number of amides is 1. The van der Waals surface area contributed by atoms with Crippen LogP contribution in [-0.2, 0) is 4.79 Å². The first-order chi connectivity index (χ1) is 9.50. The van der Waals surface area contributed by atoms with Crippen LogP contribution in [-0.4, -0.2) is 29.9 Å². The Balaban J connectivity index is 1.95. The zero-order valence-corrected chi connectivity index (χ0v) is 13.5. The van der Waals surface area contributed by atoms with Crippen molar-refractivity contribution >= 4 is 5.91 Å². The van der Waals surface area contributed by atoms with Crippen molar-refractivity contribution in [1.82, 2.24) is 4.90 Å². The van der Waals surface area contributed by atoms with Crippen LogP contribution in [0.25, 0.3) is 0 Å². The summed E-state index contributed by atoms with van der Waals surface area (Å²) in [6, 6.07) is 0.0698. The van der Waals surface area contributed by atoms with Crippen LogP contribution in [0.4, 0.5) is 0 Å². The molecule has 3 nitrogen and oxygen atoms in total. The van der Waals surface area contributed by atoms with Gasteiger partial charge in [-0.1, -0.05) is 27.2 Å². The Morgan fingerprint density at radius 3 is 2.55 bits per heavy atom. The summed E-state index contributed by atoms with van der Waals surface area (Å²) in [5.74, 6) is 2.43. The second-order valence-electron chi connectivity index (χ2n) is 7.35. The molecule has 1 saturated carbocycles. The quantitative estimate of drug-likeness (QED) is 0.845. The minimum absolute atomic E-state index is 0.0698. The van der Waals surface area contributed by atoms with Crippen LogP contribution in [0.2, 0.25) is 0 Å². The van der Waals surface area contributed by atoms with Crippen molar-refractivity contribution in [2.24, 2.45) is 29.4 Å². The van der Waals surface area contributed by atoms with E-state index in [1.165, 1.54) is 19.3 Å². The molecule has 0 aromatic rings. The largest absolute Gasteiger partial charge is 0.342 e. The Labute approximate surface area is 124 Å². The van der Waals surface area contributed by atoms with E-state index in [-0.39, 0.29) is 12.0 Å². The highest BCUT2D eigenvalue weighted by atomic mass is 16.2. The molecular weight excluding hydrogens is 248 g/mol. The number of likely N-dealkylation sites (tertiary alicyclic amines) is 1. The summed E-state index contributed by atoms with van der Waals surface area (Å²) in [5.41, 5.74) is 6.30. The predicted molar refractivity (Wildman–Crippen MR) is 83.2 cm³/mol. The molecule has 0 radical (unpaired) electrons. The molecule has 1 saturated heterocycles. The molecule has 0 aromatic heterocycles. The number of carbonyl (C=O) groups excluding carboxylic acids is 1.